The Hall–Kier alpha value is 1.14. The Labute approximate surface area is 56.9 Å². The summed E-state index contributed by atoms with van der Waals surface area (Å²) < 4.78 is 0. The molecule has 28 valence electrons. The summed E-state index contributed by atoms with van der Waals surface area (Å²) in [6.45, 7) is 5.50. The molecule has 0 fully saturated rings. The van der Waals surface area contributed by atoms with Gasteiger partial charge in [-0.1, -0.05) is 20.3 Å². The summed E-state index contributed by atoms with van der Waals surface area (Å²) in [7, 11) is 0. The van der Waals surface area contributed by atoms with Crippen molar-refractivity contribution in [2.45, 2.75) is 13.3 Å². The van der Waals surface area contributed by atoms with Crippen molar-refractivity contribution in [3.05, 3.63) is 6.92 Å². The summed E-state index contributed by atoms with van der Waals surface area (Å²) in [6, 6.07) is 0. The predicted molar refractivity (Wildman–Crippen MR) is 15.6 cm³/mol. The van der Waals surface area contributed by atoms with Crippen LogP contribution in [0.1, 0.15) is 13.3 Å². The normalized spacial score (nSPS) is 3.60. The molecular weight excluding hydrogens is 156 g/mol. The molecular formula is C3H7MnZn. The first-order valence-corrected chi connectivity index (χ1v) is 1.21. The van der Waals surface area contributed by atoms with Crippen LogP contribution in [0.25, 0.3) is 0 Å². The van der Waals surface area contributed by atoms with Gasteiger partial charge in [0.2, 0.25) is 0 Å². The van der Waals surface area contributed by atoms with Gasteiger partial charge in [0.15, 0.2) is 0 Å². The molecule has 0 aliphatic heterocycles. The van der Waals surface area contributed by atoms with Crippen LogP contribution in [0.5, 0.6) is 0 Å². The predicted octanol–water partition coefficient (Wildman–Crippen LogP) is 1.23. The van der Waals surface area contributed by atoms with Gasteiger partial charge in [0.25, 0.3) is 0 Å². The third-order valence-corrected chi connectivity index (χ3v) is 0. The Morgan fingerprint density at radius 2 is 1.60 bits per heavy atom. The van der Waals surface area contributed by atoms with Gasteiger partial charge in [0, 0.05) is 36.5 Å². The van der Waals surface area contributed by atoms with Gasteiger partial charge in [-0.2, -0.15) is 0 Å². The fraction of sp³-hybridized carbons (Fsp3) is 0.667. The monoisotopic (exact) mass is 162 g/mol. The summed E-state index contributed by atoms with van der Waals surface area (Å²) in [5.41, 5.74) is 0. The molecule has 0 aromatic heterocycles. The van der Waals surface area contributed by atoms with Crippen molar-refractivity contribution >= 4 is 0 Å². The van der Waals surface area contributed by atoms with Crippen molar-refractivity contribution in [2.75, 3.05) is 0 Å². The van der Waals surface area contributed by atoms with Crippen molar-refractivity contribution in [3.8, 4) is 0 Å². The summed E-state index contributed by atoms with van der Waals surface area (Å²) in [5, 5.41) is 0. The Kier molecular flexibility index (Phi) is 63.2. The molecule has 5 heavy (non-hydrogen) atoms. The Balaban J connectivity index is -0.0000000200. The average Bonchev–Trinajstić information content (AvgIpc) is 0.918. The van der Waals surface area contributed by atoms with E-state index in [1.54, 1.807) is 0 Å². The van der Waals surface area contributed by atoms with Gasteiger partial charge >= 0.3 is 0 Å². The molecule has 2 radical (unpaired) electrons. The van der Waals surface area contributed by atoms with E-state index in [0.29, 0.717) is 0 Å². The zero-order chi connectivity index (χ0) is 2.71. The summed E-state index contributed by atoms with van der Waals surface area (Å²) in [6.07, 6.45) is 1.00. The Bertz CT molecular complexity index is 6.85. The van der Waals surface area contributed by atoms with Gasteiger partial charge in [0.05, 0.1) is 0 Å². The molecule has 0 aliphatic carbocycles. The van der Waals surface area contributed by atoms with E-state index in [9.17, 15) is 0 Å². The van der Waals surface area contributed by atoms with E-state index in [1.165, 1.54) is 0 Å². The largest absolute Gasteiger partial charge is 0.0654 e. The second-order valence-electron chi connectivity index (χ2n) is 0.500. The van der Waals surface area contributed by atoms with E-state index < -0.39 is 0 Å². The van der Waals surface area contributed by atoms with Crippen LogP contribution in [0.2, 0.25) is 0 Å². The van der Waals surface area contributed by atoms with E-state index in [1.807, 2.05) is 6.92 Å². The van der Waals surface area contributed by atoms with Crippen LogP contribution in [-0.2, 0) is 36.5 Å². The van der Waals surface area contributed by atoms with Crippen LogP contribution < -0.4 is 0 Å². The Morgan fingerprint density at radius 3 is 1.60 bits per heavy atom. The maximum absolute atomic E-state index is 3.49. The minimum Gasteiger partial charge on any atom is -0.0654 e. The zero-order valence-electron chi connectivity index (χ0n) is 3.50. The molecule has 0 saturated carbocycles. The van der Waals surface area contributed by atoms with E-state index >= 15 is 0 Å². The second kappa shape index (κ2) is 19.2. The molecule has 0 aliphatic rings. The molecule has 0 aromatic rings. The molecule has 0 amide bonds. The summed E-state index contributed by atoms with van der Waals surface area (Å²) in [4.78, 5) is 0. The summed E-state index contributed by atoms with van der Waals surface area (Å²) >= 11 is 0. The minimum absolute atomic E-state index is 0. The van der Waals surface area contributed by atoms with Gasteiger partial charge in [-0.25, -0.2) is 0 Å². The maximum Gasteiger partial charge on any atom is 0 e. The second-order valence-corrected chi connectivity index (χ2v) is 0.500. The molecule has 0 atom stereocenters. The molecule has 0 heterocycles. The standard InChI is InChI=1S/C3H7.Mn.Zn/c1-3-2;;/h1,3H2,2H3;;. The molecule has 0 spiro atoms. The third-order valence-electron chi connectivity index (χ3n) is 0. The zero-order valence-corrected chi connectivity index (χ0v) is 7.65. The van der Waals surface area contributed by atoms with Crippen molar-refractivity contribution in [2.24, 2.45) is 0 Å². The van der Waals surface area contributed by atoms with E-state index in [2.05, 4.69) is 6.92 Å². The molecule has 0 bridgehead atoms. The minimum atomic E-state index is 0. The number of rotatable bonds is 0. The molecule has 0 N–H and O–H groups in total. The smallest absolute Gasteiger partial charge is 0 e. The number of hydrogen-bond donors (Lipinski definition) is 0. The van der Waals surface area contributed by atoms with Crippen LogP contribution in [0.4, 0.5) is 0 Å². The van der Waals surface area contributed by atoms with Crippen molar-refractivity contribution in [1.82, 2.24) is 0 Å². The van der Waals surface area contributed by atoms with E-state index in [-0.39, 0.29) is 36.5 Å². The quantitative estimate of drug-likeness (QED) is 0.471. The maximum atomic E-state index is 3.49. The topological polar surface area (TPSA) is 0 Å². The van der Waals surface area contributed by atoms with Crippen molar-refractivity contribution in [1.29, 1.82) is 0 Å². The van der Waals surface area contributed by atoms with E-state index in [0.717, 1.165) is 6.42 Å². The van der Waals surface area contributed by atoms with Crippen molar-refractivity contribution in [3.63, 3.8) is 0 Å². The van der Waals surface area contributed by atoms with Gasteiger partial charge in [0.1, 0.15) is 0 Å². The Morgan fingerprint density at radius 1 is 1.60 bits per heavy atom. The van der Waals surface area contributed by atoms with Crippen LogP contribution >= 0.6 is 0 Å². The molecule has 2 heteroatoms. The van der Waals surface area contributed by atoms with Gasteiger partial charge < -0.3 is 0 Å². The van der Waals surface area contributed by atoms with Crippen LogP contribution in [0, 0.1) is 6.92 Å². The van der Waals surface area contributed by atoms with Gasteiger partial charge in [-0.15, -0.1) is 0 Å². The molecule has 0 aromatic carbocycles. The molecule has 0 unspecified atom stereocenters. The summed E-state index contributed by atoms with van der Waals surface area (Å²) in [5.74, 6) is 0. The van der Waals surface area contributed by atoms with Crippen molar-refractivity contribution < 1.29 is 36.5 Å². The first-order chi connectivity index (χ1) is 1.41. The first-order valence-electron chi connectivity index (χ1n) is 1.21. The van der Waals surface area contributed by atoms with Crippen LogP contribution in [0.3, 0.4) is 0 Å². The van der Waals surface area contributed by atoms with Gasteiger partial charge in [-0.3, -0.25) is 0 Å². The van der Waals surface area contributed by atoms with Gasteiger partial charge in [-0.05, 0) is 0 Å². The van der Waals surface area contributed by atoms with Crippen LogP contribution in [-0.4, -0.2) is 0 Å². The first kappa shape index (κ1) is 16.4. The fourth-order valence-corrected chi connectivity index (χ4v) is 0. The van der Waals surface area contributed by atoms with E-state index in [4.69, 9.17) is 0 Å². The van der Waals surface area contributed by atoms with Crippen LogP contribution in [0.15, 0.2) is 0 Å². The number of hydrogen-bond acceptors (Lipinski definition) is 0. The SMILES string of the molecule is [CH2]CC.[Mn].[Zn]. The molecule has 0 rings (SSSR count). The molecule has 0 saturated heterocycles. The average molecular weight is 163 g/mol. The third kappa shape index (κ3) is 38.9. The molecule has 0 nitrogen and oxygen atoms in total. The fourth-order valence-electron chi connectivity index (χ4n) is 0.